The van der Waals surface area contributed by atoms with Crippen LogP contribution >= 0.6 is 0 Å². The Balaban J connectivity index is 2.84. The van der Waals surface area contributed by atoms with E-state index in [-0.39, 0.29) is 24.0 Å². The van der Waals surface area contributed by atoms with Crippen LogP contribution in [-0.4, -0.2) is 23.7 Å². The van der Waals surface area contributed by atoms with Crippen LogP contribution in [-0.2, 0) is 0 Å². The van der Waals surface area contributed by atoms with E-state index in [1.807, 2.05) is 32.0 Å². The molecule has 3 heteroatoms. The van der Waals surface area contributed by atoms with Crippen molar-refractivity contribution >= 4 is 5.91 Å². The maximum Gasteiger partial charge on any atom is 0.251 e. The molecule has 1 aromatic carbocycles. The van der Waals surface area contributed by atoms with Crippen LogP contribution < -0.4 is 5.32 Å². The zero-order valence-electron chi connectivity index (χ0n) is 12.6. The van der Waals surface area contributed by atoms with Crippen molar-refractivity contribution in [3.63, 3.8) is 0 Å². The standard InChI is InChI=1S/C16H25NO2/c1-11-6-7-13(10-12(11)2)15(19)17-14(8-9-18)16(3,4)5/h6-7,10,14,18H,8-9H2,1-5H3,(H,17,19). The lowest BCUT2D eigenvalue weighted by Crippen LogP contribution is -2.44. The number of hydrogen-bond donors (Lipinski definition) is 2. The Labute approximate surface area is 116 Å². The highest BCUT2D eigenvalue weighted by Gasteiger charge is 2.26. The molecule has 0 radical (unpaired) electrons. The van der Waals surface area contributed by atoms with E-state index in [2.05, 4.69) is 26.1 Å². The topological polar surface area (TPSA) is 49.3 Å². The fourth-order valence-corrected chi connectivity index (χ4v) is 1.98. The number of nitrogens with one attached hydrogen (secondary N) is 1. The second-order valence-electron chi connectivity index (χ2n) is 6.20. The molecule has 2 N–H and O–H groups in total. The van der Waals surface area contributed by atoms with Gasteiger partial charge in [0.1, 0.15) is 0 Å². The van der Waals surface area contributed by atoms with Crippen molar-refractivity contribution in [1.82, 2.24) is 5.32 Å². The van der Waals surface area contributed by atoms with Crippen LogP contribution in [0.1, 0.15) is 48.7 Å². The summed E-state index contributed by atoms with van der Waals surface area (Å²) < 4.78 is 0. The molecule has 0 saturated heterocycles. The zero-order valence-corrected chi connectivity index (χ0v) is 12.6. The van der Waals surface area contributed by atoms with Gasteiger partial charge in [-0.25, -0.2) is 0 Å². The first-order valence-corrected chi connectivity index (χ1v) is 6.74. The number of aliphatic hydroxyl groups is 1. The summed E-state index contributed by atoms with van der Waals surface area (Å²) in [5.41, 5.74) is 2.90. The van der Waals surface area contributed by atoms with Crippen LogP contribution in [0.15, 0.2) is 18.2 Å². The van der Waals surface area contributed by atoms with E-state index in [1.54, 1.807) is 0 Å². The molecule has 1 amide bonds. The van der Waals surface area contributed by atoms with Gasteiger partial charge in [0.05, 0.1) is 0 Å². The molecule has 1 atom stereocenters. The molecule has 0 heterocycles. The number of amides is 1. The van der Waals surface area contributed by atoms with Crippen LogP contribution in [0.25, 0.3) is 0 Å². The normalized spacial score (nSPS) is 13.2. The summed E-state index contributed by atoms with van der Waals surface area (Å²) in [4.78, 5) is 12.2. The lowest BCUT2D eigenvalue weighted by molar-refractivity contribution is 0.0885. The van der Waals surface area contributed by atoms with E-state index >= 15 is 0 Å². The first-order chi connectivity index (χ1) is 8.75. The van der Waals surface area contributed by atoms with Crippen LogP contribution in [0.2, 0.25) is 0 Å². The maximum atomic E-state index is 12.2. The van der Waals surface area contributed by atoms with Crippen LogP contribution in [0, 0.1) is 19.3 Å². The van der Waals surface area contributed by atoms with Gasteiger partial charge in [0, 0.05) is 18.2 Å². The highest BCUT2D eigenvalue weighted by atomic mass is 16.3. The third-order valence-corrected chi connectivity index (χ3v) is 3.54. The molecular weight excluding hydrogens is 238 g/mol. The van der Waals surface area contributed by atoms with E-state index in [4.69, 9.17) is 5.11 Å². The summed E-state index contributed by atoms with van der Waals surface area (Å²) in [6.07, 6.45) is 0.570. The number of benzene rings is 1. The quantitative estimate of drug-likeness (QED) is 0.877. The van der Waals surface area contributed by atoms with Crippen LogP contribution in [0.4, 0.5) is 0 Å². The van der Waals surface area contributed by atoms with Gasteiger partial charge in [0.2, 0.25) is 0 Å². The Morgan fingerprint density at radius 2 is 1.89 bits per heavy atom. The minimum atomic E-state index is -0.0727. The Morgan fingerprint density at radius 3 is 2.37 bits per heavy atom. The molecule has 3 nitrogen and oxygen atoms in total. The minimum Gasteiger partial charge on any atom is -0.396 e. The van der Waals surface area contributed by atoms with E-state index in [1.165, 1.54) is 5.56 Å². The summed E-state index contributed by atoms with van der Waals surface area (Å²) in [5.74, 6) is -0.0727. The Kier molecular flexibility index (Phi) is 5.12. The highest BCUT2D eigenvalue weighted by molar-refractivity contribution is 5.94. The predicted octanol–water partition coefficient (Wildman–Crippen LogP) is 2.83. The maximum absolute atomic E-state index is 12.2. The first-order valence-electron chi connectivity index (χ1n) is 6.74. The summed E-state index contributed by atoms with van der Waals surface area (Å²) >= 11 is 0. The first kappa shape index (κ1) is 15.7. The van der Waals surface area contributed by atoms with Gasteiger partial charge in [0.25, 0.3) is 5.91 Å². The lowest BCUT2D eigenvalue weighted by Gasteiger charge is -2.31. The largest absolute Gasteiger partial charge is 0.396 e. The van der Waals surface area contributed by atoms with Crippen molar-refractivity contribution in [2.45, 2.75) is 47.1 Å². The number of rotatable bonds is 4. The molecule has 0 aliphatic heterocycles. The number of carbonyl (C=O) groups is 1. The summed E-state index contributed by atoms with van der Waals surface area (Å²) in [6, 6.07) is 5.67. The van der Waals surface area contributed by atoms with Crippen molar-refractivity contribution in [2.24, 2.45) is 5.41 Å². The fourth-order valence-electron chi connectivity index (χ4n) is 1.98. The van der Waals surface area contributed by atoms with Gasteiger partial charge in [-0.05, 0) is 48.9 Å². The number of aryl methyl sites for hydroxylation is 2. The van der Waals surface area contributed by atoms with E-state index in [0.29, 0.717) is 12.0 Å². The molecule has 0 saturated carbocycles. The third-order valence-electron chi connectivity index (χ3n) is 3.54. The van der Waals surface area contributed by atoms with Gasteiger partial charge in [-0.15, -0.1) is 0 Å². The molecule has 1 aromatic rings. The van der Waals surface area contributed by atoms with Crippen LogP contribution in [0.3, 0.4) is 0 Å². The molecule has 0 aliphatic rings. The summed E-state index contributed by atoms with van der Waals surface area (Å²) in [5, 5.41) is 12.1. The van der Waals surface area contributed by atoms with Crippen molar-refractivity contribution in [3.05, 3.63) is 34.9 Å². The Hall–Kier alpha value is -1.35. The molecule has 0 spiro atoms. The summed E-state index contributed by atoms with van der Waals surface area (Å²) in [7, 11) is 0. The molecule has 1 unspecified atom stereocenters. The van der Waals surface area contributed by atoms with Crippen molar-refractivity contribution in [2.75, 3.05) is 6.61 Å². The smallest absolute Gasteiger partial charge is 0.251 e. The van der Waals surface area contributed by atoms with Gasteiger partial charge in [0.15, 0.2) is 0 Å². The van der Waals surface area contributed by atoms with Crippen molar-refractivity contribution in [3.8, 4) is 0 Å². The van der Waals surface area contributed by atoms with E-state index in [0.717, 1.165) is 5.56 Å². The number of aliphatic hydroxyl groups excluding tert-OH is 1. The second-order valence-corrected chi connectivity index (χ2v) is 6.20. The minimum absolute atomic E-state index is 0.0355. The number of carbonyl (C=O) groups excluding carboxylic acids is 1. The van der Waals surface area contributed by atoms with Gasteiger partial charge in [-0.2, -0.15) is 0 Å². The zero-order chi connectivity index (χ0) is 14.6. The van der Waals surface area contributed by atoms with Gasteiger partial charge >= 0.3 is 0 Å². The Bertz CT molecular complexity index is 447. The molecular formula is C16H25NO2. The third kappa shape index (κ3) is 4.35. The van der Waals surface area contributed by atoms with Crippen molar-refractivity contribution in [1.29, 1.82) is 0 Å². The molecule has 19 heavy (non-hydrogen) atoms. The van der Waals surface area contributed by atoms with E-state index < -0.39 is 0 Å². The fraction of sp³-hybridized carbons (Fsp3) is 0.562. The Morgan fingerprint density at radius 1 is 1.26 bits per heavy atom. The molecule has 0 aliphatic carbocycles. The molecule has 1 rings (SSSR count). The van der Waals surface area contributed by atoms with Crippen molar-refractivity contribution < 1.29 is 9.90 Å². The molecule has 106 valence electrons. The average Bonchev–Trinajstić information content (AvgIpc) is 2.30. The predicted molar refractivity (Wildman–Crippen MR) is 78.3 cm³/mol. The number of hydrogen-bond acceptors (Lipinski definition) is 2. The SMILES string of the molecule is Cc1ccc(C(=O)NC(CCO)C(C)(C)C)cc1C. The van der Waals surface area contributed by atoms with E-state index in [9.17, 15) is 4.79 Å². The second kappa shape index (κ2) is 6.20. The average molecular weight is 263 g/mol. The monoisotopic (exact) mass is 263 g/mol. The summed E-state index contributed by atoms with van der Waals surface area (Å²) in [6.45, 7) is 10.3. The highest BCUT2D eigenvalue weighted by Crippen LogP contribution is 2.22. The lowest BCUT2D eigenvalue weighted by atomic mass is 9.84. The van der Waals surface area contributed by atoms with Gasteiger partial charge in [-0.3, -0.25) is 4.79 Å². The van der Waals surface area contributed by atoms with Gasteiger partial charge in [-0.1, -0.05) is 26.8 Å². The molecule has 0 fully saturated rings. The van der Waals surface area contributed by atoms with Gasteiger partial charge < -0.3 is 10.4 Å². The molecule has 0 bridgehead atoms. The molecule has 0 aromatic heterocycles. The van der Waals surface area contributed by atoms with Crippen LogP contribution in [0.5, 0.6) is 0 Å².